The molecule has 0 bridgehead atoms. The number of carbonyl (C=O) groups excluding carboxylic acids is 2. The molecule has 0 fully saturated rings. The minimum absolute atomic E-state index is 0.0316. The molecule has 3 heteroatoms. The molecule has 0 spiro atoms. The molecule has 0 aliphatic carbocycles. The third-order valence-corrected chi connectivity index (χ3v) is 4.49. The number of esters is 1. The van der Waals surface area contributed by atoms with Crippen molar-refractivity contribution >= 4 is 11.8 Å². The van der Waals surface area contributed by atoms with Crippen LogP contribution in [-0.4, -0.2) is 18.9 Å². The van der Waals surface area contributed by atoms with Gasteiger partial charge in [-0.05, 0) is 31.4 Å². The molecule has 0 aliphatic heterocycles. The lowest BCUT2D eigenvalue weighted by molar-refractivity contribution is -0.152. The summed E-state index contributed by atoms with van der Waals surface area (Å²) in [7, 11) is 1.38. The van der Waals surface area contributed by atoms with E-state index in [0.29, 0.717) is 12.0 Å². The fourth-order valence-corrected chi connectivity index (χ4v) is 3.37. The smallest absolute Gasteiger partial charge is 0.311 e. The molecular formula is C22H26O3. The van der Waals surface area contributed by atoms with Crippen LogP contribution in [0.1, 0.15) is 44.5 Å². The van der Waals surface area contributed by atoms with Gasteiger partial charge >= 0.3 is 5.97 Å². The normalized spacial score (nSPS) is 11.9. The molecule has 0 aromatic heterocycles. The Morgan fingerprint density at radius 3 is 1.84 bits per heavy atom. The number of ether oxygens (including phenoxy) is 1. The summed E-state index contributed by atoms with van der Waals surface area (Å²) in [5.74, 6) is -0.267. The third-order valence-electron chi connectivity index (χ3n) is 4.49. The van der Waals surface area contributed by atoms with Gasteiger partial charge in [0, 0.05) is 11.0 Å². The summed E-state index contributed by atoms with van der Waals surface area (Å²) in [5.41, 5.74) is 1.48. The standard InChI is InChI=1S/C22H26O3/c1-21(2,15-22(3,4)20(24)25-5)19(23)18-13-11-17(12-14-18)16-9-7-6-8-10-16/h6-14H,15H2,1-5H3. The highest BCUT2D eigenvalue weighted by atomic mass is 16.5. The van der Waals surface area contributed by atoms with Crippen molar-refractivity contribution in [1.82, 2.24) is 0 Å². The fourth-order valence-electron chi connectivity index (χ4n) is 3.37. The Kier molecular flexibility index (Phi) is 5.46. The predicted molar refractivity (Wildman–Crippen MR) is 100 cm³/mol. The molecule has 2 aromatic carbocycles. The second kappa shape index (κ2) is 7.22. The van der Waals surface area contributed by atoms with Crippen LogP contribution in [0.3, 0.4) is 0 Å². The van der Waals surface area contributed by atoms with Crippen molar-refractivity contribution in [3.8, 4) is 11.1 Å². The van der Waals surface area contributed by atoms with Crippen molar-refractivity contribution in [2.24, 2.45) is 10.8 Å². The van der Waals surface area contributed by atoms with Crippen LogP contribution in [-0.2, 0) is 9.53 Å². The molecule has 0 saturated carbocycles. The van der Waals surface area contributed by atoms with Gasteiger partial charge in [0.25, 0.3) is 0 Å². The van der Waals surface area contributed by atoms with Gasteiger partial charge in [0.1, 0.15) is 0 Å². The molecule has 0 saturated heterocycles. The van der Waals surface area contributed by atoms with Gasteiger partial charge in [0.2, 0.25) is 0 Å². The molecule has 0 amide bonds. The zero-order valence-corrected chi connectivity index (χ0v) is 15.6. The van der Waals surface area contributed by atoms with Crippen molar-refractivity contribution in [2.45, 2.75) is 34.1 Å². The summed E-state index contributed by atoms with van der Waals surface area (Å²) in [6.07, 6.45) is 0.423. The Morgan fingerprint density at radius 1 is 0.800 bits per heavy atom. The van der Waals surface area contributed by atoms with Crippen LogP contribution in [0.2, 0.25) is 0 Å². The molecule has 25 heavy (non-hydrogen) atoms. The van der Waals surface area contributed by atoms with Gasteiger partial charge in [0.05, 0.1) is 12.5 Å². The number of hydrogen-bond acceptors (Lipinski definition) is 3. The van der Waals surface area contributed by atoms with Gasteiger partial charge in [-0.1, -0.05) is 68.4 Å². The fraction of sp³-hybridized carbons (Fsp3) is 0.364. The lowest BCUT2D eigenvalue weighted by atomic mass is 9.71. The molecule has 2 aromatic rings. The zero-order valence-electron chi connectivity index (χ0n) is 15.6. The molecule has 0 aliphatic rings. The molecular weight excluding hydrogens is 312 g/mol. The van der Waals surface area contributed by atoms with E-state index in [4.69, 9.17) is 4.74 Å². The first-order valence-corrected chi connectivity index (χ1v) is 8.46. The van der Waals surface area contributed by atoms with E-state index in [9.17, 15) is 9.59 Å². The van der Waals surface area contributed by atoms with E-state index in [2.05, 4.69) is 0 Å². The van der Waals surface area contributed by atoms with Gasteiger partial charge in [-0.2, -0.15) is 0 Å². The molecule has 0 heterocycles. The first-order chi connectivity index (χ1) is 11.7. The van der Waals surface area contributed by atoms with Crippen LogP contribution < -0.4 is 0 Å². The first-order valence-electron chi connectivity index (χ1n) is 8.46. The number of Topliss-reactive ketones (excluding diaryl/α,β-unsaturated/α-hetero) is 1. The van der Waals surface area contributed by atoms with E-state index in [0.717, 1.165) is 11.1 Å². The Balaban J connectivity index is 2.20. The molecule has 3 nitrogen and oxygen atoms in total. The second-order valence-corrected chi connectivity index (χ2v) is 7.71. The highest BCUT2D eigenvalue weighted by Gasteiger charge is 2.39. The van der Waals surface area contributed by atoms with Crippen LogP contribution >= 0.6 is 0 Å². The number of hydrogen-bond donors (Lipinski definition) is 0. The molecule has 132 valence electrons. The Labute approximate surface area is 150 Å². The largest absolute Gasteiger partial charge is 0.469 e. The Bertz CT molecular complexity index is 741. The second-order valence-electron chi connectivity index (χ2n) is 7.71. The van der Waals surface area contributed by atoms with E-state index in [1.165, 1.54) is 7.11 Å². The van der Waals surface area contributed by atoms with Crippen LogP contribution in [0, 0.1) is 10.8 Å². The predicted octanol–water partition coefficient (Wildman–Crippen LogP) is 5.15. The minimum Gasteiger partial charge on any atom is -0.469 e. The van der Waals surface area contributed by atoms with E-state index in [-0.39, 0.29) is 11.8 Å². The Hall–Kier alpha value is -2.42. The maximum Gasteiger partial charge on any atom is 0.311 e. The average molecular weight is 338 g/mol. The number of benzene rings is 2. The molecule has 0 unspecified atom stereocenters. The van der Waals surface area contributed by atoms with E-state index < -0.39 is 10.8 Å². The van der Waals surface area contributed by atoms with Crippen LogP contribution in [0.5, 0.6) is 0 Å². The number of carbonyl (C=O) groups is 2. The SMILES string of the molecule is COC(=O)C(C)(C)CC(C)(C)C(=O)c1ccc(-c2ccccc2)cc1. The molecule has 0 atom stereocenters. The summed E-state index contributed by atoms with van der Waals surface area (Å²) in [4.78, 5) is 24.9. The molecule has 2 rings (SSSR count). The quantitative estimate of drug-likeness (QED) is 0.540. The topological polar surface area (TPSA) is 43.4 Å². The summed E-state index contributed by atoms with van der Waals surface area (Å²) >= 11 is 0. The number of methoxy groups -OCH3 is 1. The highest BCUT2D eigenvalue weighted by Crippen LogP contribution is 2.37. The van der Waals surface area contributed by atoms with E-state index in [1.807, 2.05) is 82.3 Å². The lowest BCUT2D eigenvalue weighted by Gasteiger charge is -2.32. The Morgan fingerprint density at radius 2 is 1.32 bits per heavy atom. The van der Waals surface area contributed by atoms with Gasteiger partial charge in [-0.25, -0.2) is 0 Å². The van der Waals surface area contributed by atoms with Crippen molar-refractivity contribution in [2.75, 3.05) is 7.11 Å². The average Bonchev–Trinajstić information content (AvgIpc) is 2.60. The summed E-state index contributed by atoms with van der Waals surface area (Å²) < 4.78 is 4.86. The number of rotatable bonds is 6. The van der Waals surface area contributed by atoms with Gasteiger partial charge in [0.15, 0.2) is 5.78 Å². The zero-order chi connectivity index (χ0) is 18.7. The highest BCUT2D eigenvalue weighted by molar-refractivity contribution is 6.00. The van der Waals surface area contributed by atoms with E-state index >= 15 is 0 Å². The monoisotopic (exact) mass is 338 g/mol. The van der Waals surface area contributed by atoms with Crippen molar-refractivity contribution in [1.29, 1.82) is 0 Å². The van der Waals surface area contributed by atoms with E-state index in [1.54, 1.807) is 0 Å². The van der Waals surface area contributed by atoms with Crippen molar-refractivity contribution < 1.29 is 14.3 Å². The maximum absolute atomic E-state index is 13.0. The summed E-state index contributed by atoms with van der Waals surface area (Å²) in [5, 5.41) is 0. The van der Waals surface area contributed by atoms with Gasteiger partial charge < -0.3 is 4.74 Å². The van der Waals surface area contributed by atoms with Crippen molar-refractivity contribution in [3.63, 3.8) is 0 Å². The van der Waals surface area contributed by atoms with Crippen LogP contribution in [0.4, 0.5) is 0 Å². The minimum atomic E-state index is -0.710. The summed E-state index contributed by atoms with van der Waals surface area (Å²) in [6, 6.07) is 17.7. The van der Waals surface area contributed by atoms with Gasteiger partial charge in [-0.15, -0.1) is 0 Å². The summed E-state index contributed by atoms with van der Waals surface area (Å²) in [6.45, 7) is 7.38. The number of ketones is 1. The lowest BCUT2D eigenvalue weighted by Crippen LogP contribution is -2.35. The van der Waals surface area contributed by atoms with Crippen molar-refractivity contribution in [3.05, 3.63) is 60.2 Å². The molecule has 0 N–H and O–H groups in total. The maximum atomic E-state index is 13.0. The van der Waals surface area contributed by atoms with Crippen LogP contribution in [0.15, 0.2) is 54.6 Å². The molecule has 0 radical (unpaired) electrons. The third kappa shape index (κ3) is 4.36. The van der Waals surface area contributed by atoms with Gasteiger partial charge in [-0.3, -0.25) is 9.59 Å². The first kappa shape index (κ1) is 18.9. The van der Waals surface area contributed by atoms with Crippen LogP contribution in [0.25, 0.3) is 11.1 Å².